The lowest BCUT2D eigenvalue weighted by Gasteiger charge is -2.29. The van der Waals surface area contributed by atoms with Crippen LogP contribution in [0.2, 0.25) is 0 Å². The molecule has 0 spiro atoms. The Morgan fingerprint density at radius 3 is 2.31 bits per heavy atom. The van der Waals surface area contributed by atoms with Gasteiger partial charge in [-0.1, -0.05) is 44.2 Å². The second kappa shape index (κ2) is 9.68. The Balaban J connectivity index is 2.02. The Hall–Kier alpha value is -2.30. The number of benzene rings is 2. The number of sulfonamides is 1. The monoisotopic (exact) mass is 482 g/mol. The van der Waals surface area contributed by atoms with Crippen molar-refractivity contribution in [3.63, 3.8) is 0 Å². The van der Waals surface area contributed by atoms with E-state index in [2.05, 4.69) is 0 Å². The van der Waals surface area contributed by atoms with Crippen LogP contribution in [-0.4, -0.2) is 62.6 Å². The van der Waals surface area contributed by atoms with E-state index >= 15 is 0 Å². The molecule has 2 aromatic rings. The molecule has 0 aromatic heterocycles. The van der Waals surface area contributed by atoms with E-state index in [0.717, 1.165) is 23.8 Å². The molecule has 1 aliphatic heterocycles. The molecule has 0 N–H and O–H groups in total. The molecular formula is C22H27FN2O5S2. The largest absolute Gasteiger partial charge is 0.330 e. The van der Waals surface area contributed by atoms with Crippen molar-refractivity contribution in [2.75, 3.05) is 24.6 Å². The predicted octanol–water partition coefficient (Wildman–Crippen LogP) is 2.69. The minimum absolute atomic E-state index is 0.0465. The van der Waals surface area contributed by atoms with Gasteiger partial charge in [0.15, 0.2) is 9.84 Å². The molecule has 0 bridgehead atoms. The first kappa shape index (κ1) is 24.3. The average Bonchev–Trinajstić information content (AvgIpc) is 3.12. The number of carbonyl (C=O) groups is 1. The number of halogens is 1. The van der Waals surface area contributed by atoms with Gasteiger partial charge in [0.25, 0.3) is 5.91 Å². The predicted molar refractivity (Wildman–Crippen MR) is 120 cm³/mol. The van der Waals surface area contributed by atoms with E-state index in [9.17, 15) is 26.0 Å². The van der Waals surface area contributed by atoms with Crippen LogP contribution >= 0.6 is 0 Å². The zero-order valence-corrected chi connectivity index (χ0v) is 19.7. The summed E-state index contributed by atoms with van der Waals surface area (Å²) in [5.41, 5.74) is 0.371. The number of hydrogen-bond donors (Lipinski definition) is 0. The summed E-state index contributed by atoms with van der Waals surface area (Å²) in [6.45, 7) is 3.95. The summed E-state index contributed by atoms with van der Waals surface area (Å²) in [6.07, 6.45) is 0.250. The SMILES string of the molecule is CCN(CC)S(=O)(=O)c1ccc(F)c(C(=O)N(Cc2ccccc2)[C@@H]2CCS(=O)(=O)C2)c1. The summed E-state index contributed by atoms with van der Waals surface area (Å²) < 4.78 is 65.8. The van der Waals surface area contributed by atoms with Crippen LogP contribution in [0, 0.1) is 5.82 Å². The fraction of sp³-hybridized carbons (Fsp3) is 0.409. The molecule has 32 heavy (non-hydrogen) atoms. The molecule has 1 heterocycles. The van der Waals surface area contributed by atoms with Crippen molar-refractivity contribution in [2.24, 2.45) is 0 Å². The first-order valence-electron chi connectivity index (χ1n) is 10.4. The van der Waals surface area contributed by atoms with Gasteiger partial charge in [0.2, 0.25) is 10.0 Å². The summed E-state index contributed by atoms with van der Waals surface area (Å²) >= 11 is 0. The number of hydrogen-bond acceptors (Lipinski definition) is 5. The normalized spacial score (nSPS) is 18.1. The maximum Gasteiger partial charge on any atom is 0.257 e. The highest BCUT2D eigenvalue weighted by Crippen LogP contribution is 2.25. The van der Waals surface area contributed by atoms with Crippen molar-refractivity contribution in [3.05, 3.63) is 65.5 Å². The van der Waals surface area contributed by atoms with E-state index in [1.54, 1.807) is 38.1 Å². The smallest absolute Gasteiger partial charge is 0.257 e. The summed E-state index contributed by atoms with van der Waals surface area (Å²) in [4.78, 5) is 14.6. The molecule has 0 unspecified atom stereocenters. The van der Waals surface area contributed by atoms with Gasteiger partial charge in [-0.2, -0.15) is 4.31 Å². The first-order valence-corrected chi connectivity index (χ1v) is 13.7. The van der Waals surface area contributed by atoms with Gasteiger partial charge in [0, 0.05) is 25.7 Å². The molecule has 0 saturated carbocycles. The van der Waals surface area contributed by atoms with E-state index in [1.165, 1.54) is 9.21 Å². The first-order chi connectivity index (χ1) is 15.1. The van der Waals surface area contributed by atoms with Crippen LogP contribution < -0.4 is 0 Å². The van der Waals surface area contributed by atoms with Crippen LogP contribution in [0.15, 0.2) is 53.4 Å². The van der Waals surface area contributed by atoms with Crippen LogP contribution in [-0.2, 0) is 26.4 Å². The number of rotatable bonds is 8. The fourth-order valence-corrected chi connectivity index (χ4v) is 7.08. The Bertz CT molecular complexity index is 1180. The van der Waals surface area contributed by atoms with Crippen molar-refractivity contribution >= 4 is 25.8 Å². The van der Waals surface area contributed by atoms with E-state index in [4.69, 9.17) is 0 Å². The van der Waals surface area contributed by atoms with Crippen molar-refractivity contribution in [1.29, 1.82) is 0 Å². The number of amides is 1. The zero-order valence-electron chi connectivity index (χ0n) is 18.1. The molecule has 0 radical (unpaired) electrons. The maximum atomic E-state index is 14.7. The summed E-state index contributed by atoms with van der Waals surface area (Å²) in [6, 6.07) is 11.5. The van der Waals surface area contributed by atoms with E-state index in [0.29, 0.717) is 0 Å². The highest BCUT2D eigenvalue weighted by Gasteiger charge is 2.36. The van der Waals surface area contributed by atoms with Gasteiger partial charge in [-0.05, 0) is 30.2 Å². The second-order valence-electron chi connectivity index (χ2n) is 7.71. The lowest BCUT2D eigenvalue weighted by molar-refractivity contribution is 0.0676. The quantitative estimate of drug-likeness (QED) is 0.577. The molecule has 7 nitrogen and oxygen atoms in total. The summed E-state index contributed by atoms with van der Waals surface area (Å²) in [5, 5.41) is 0. The van der Waals surface area contributed by atoms with Crippen LogP contribution in [0.3, 0.4) is 0 Å². The average molecular weight is 483 g/mol. The van der Waals surface area contributed by atoms with Gasteiger partial charge < -0.3 is 4.90 Å². The third kappa shape index (κ3) is 5.19. The minimum atomic E-state index is -3.90. The van der Waals surface area contributed by atoms with Gasteiger partial charge in [-0.25, -0.2) is 21.2 Å². The molecule has 1 saturated heterocycles. The Morgan fingerprint density at radius 1 is 1.09 bits per heavy atom. The van der Waals surface area contributed by atoms with E-state index < -0.39 is 43.2 Å². The third-order valence-corrected chi connectivity index (χ3v) is 9.41. The molecule has 10 heteroatoms. The molecule has 1 fully saturated rings. The van der Waals surface area contributed by atoms with Gasteiger partial charge in [0.1, 0.15) is 5.82 Å². The number of nitrogens with zero attached hydrogens (tertiary/aromatic N) is 2. The molecule has 1 atom stereocenters. The molecule has 174 valence electrons. The molecule has 3 rings (SSSR count). The third-order valence-electron chi connectivity index (χ3n) is 5.62. The molecule has 1 amide bonds. The van der Waals surface area contributed by atoms with E-state index in [1.807, 2.05) is 6.07 Å². The molecule has 0 aliphatic carbocycles. The minimum Gasteiger partial charge on any atom is -0.330 e. The highest BCUT2D eigenvalue weighted by atomic mass is 32.2. The zero-order chi connectivity index (χ0) is 23.5. The van der Waals surface area contributed by atoms with Gasteiger partial charge in [-0.15, -0.1) is 0 Å². The standard InChI is InChI=1S/C22H27FN2O5S2/c1-3-24(4-2)32(29,30)19-10-11-21(23)20(14-19)22(26)25(15-17-8-6-5-7-9-17)18-12-13-31(27,28)16-18/h5-11,14,18H,3-4,12-13,15-16H2,1-2H3/t18-/m1/s1. The molecule has 1 aliphatic rings. The summed E-state index contributed by atoms with van der Waals surface area (Å²) in [7, 11) is -7.19. The van der Waals surface area contributed by atoms with Crippen molar-refractivity contribution < 1.29 is 26.0 Å². The van der Waals surface area contributed by atoms with Crippen LogP contribution in [0.25, 0.3) is 0 Å². The number of sulfone groups is 1. The van der Waals surface area contributed by atoms with Crippen molar-refractivity contribution in [3.8, 4) is 0 Å². The fourth-order valence-electron chi connectivity index (χ4n) is 3.86. The molecule has 2 aromatic carbocycles. The van der Waals surface area contributed by atoms with Crippen LogP contribution in [0.5, 0.6) is 0 Å². The Labute approximate surface area is 188 Å². The maximum absolute atomic E-state index is 14.7. The van der Waals surface area contributed by atoms with Crippen LogP contribution in [0.4, 0.5) is 4.39 Å². The van der Waals surface area contributed by atoms with E-state index in [-0.39, 0.29) is 42.5 Å². The van der Waals surface area contributed by atoms with Crippen molar-refractivity contribution in [1.82, 2.24) is 9.21 Å². The Morgan fingerprint density at radius 2 is 1.75 bits per heavy atom. The van der Waals surface area contributed by atoms with Crippen molar-refractivity contribution in [2.45, 2.75) is 37.8 Å². The van der Waals surface area contributed by atoms with Crippen LogP contribution in [0.1, 0.15) is 36.2 Å². The van der Waals surface area contributed by atoms with Gasteiger partial charge in [-0.3, -0.25) is 4.79 Å². The highest BCUT2D eigenvalue weighted by molar-refractivity contribution is 7.91. The van der Waals surface area contributed by atoms with Gasteiger partial charge >= 0.3 is 0 Å². The Kier molecular flexibility index (Phi) is 7.36. The summed E-state index contributed by atoms with van der Waals surface area (Å²) in [5.74, 6) is -1.84. The topological polar surface area (TPSA) is 91.8 Å². The lowest BCUT2D eigenvalue weighted by Crippen LogP contribution is -2.41. The lowest BCUT2D eigenvalue weighted by atomic mass is 10.1. The number of carbonyl (C=O) groups excluding carboxylic acids is 1. The van der Waals surface area contributed by atoms with Gasteiger partial charge in [0.05, 0.1) is 22.0 Å². The second-order valence-corrected chi connectivity index (χ2v) is 11.9. The molecular weight excluding hydrogens is 455 g/mol.